The predicted octanol–water partition coefficient (Wildman–Crippen LogP) is 5.48. The van der Waals surface area contributed by atoms with E-state index in [2.05, 4.69) is 20.2 Å². The third-order valence-electron chi connectivity index (χ3n) is 2.71. The molecule has 0 amide bonds. The molecule has 0 atom stereocenters. The summed E-state index contributed by atoms with van der Waals surface area (Å²) in [6, 6.07) is 7.49. The average molecular weight is 381 g/mol. The van der Waals surface area contributed by atoms with Gasteiger partial charge in [0.1, 0.15) is 10.9 Å². The van der Waals surface area contributed by atoms with Crippen LogP contribution in [-0.2, 0) is 0 Å². The smallest absolute Gasteiger partial charge is 0.387 e. The summed E-state index contributed by atoms with van der Waals surface area (Å²) in [4.78, 5) is 3.96. The van der Waals surface area contributed by atoms with Crippen molar-refractivity contribution in [2.45, 2.75) is 13.5 Å². The summed E-state index contributed by atoms with van der Waals surface area (Å²) in [6.07, 6.45) is 0. The van der Waals surface area contributed by atoms with Gasteiger partial charge in [-0.1, -0.05) is 34.8 Å². The number of benzene rings is 1. The molecular weight excluding hydrogens is 371 g/mol. The van der Waals surface area contributed by atoms with Crippen molar-refractivity contribution in [1.29, 1.82) is 0 Å². The SMILES string of the molecule is C/C(=N/Nc1nc(Cl)c(Cl)cc1Cl)c1ccc(OC(F)F)cc1. The molecule has 2 aromatic rings. The van der Waals surface area contributed by atoms with Gasteiger partial charge in [0.05, 0.1) is 15.8 Å². The zero-order valence-electron chi connectivity index (χ0n) is 11.7. The Balaban J connectivity index is 2.12. The summed E-state index contributed by atoms with van der Waals surface area (Å²) in [6.45, 7) is -1.14. The molecule has 0 aliphatic carbocycles. The first-order chi connectivity index (χ1) is 10.9. The Morgan fingerprint density at radius 1 is 1.17 bits per heavy atom. The molecule has 9 heteroatoms. The Morgan fingerprint density at radius 2 is 1.83 bits per heavy atom. The third kappa shape index (κ3) is 4.92. The van der Waals surface area contributed by atoms with Crippen LogP contribution < -0.4 is 10.2 Å². The molecule has 122 valence electrons. The van der Waals surface area contributed by atoms with Crippen molar-refractivity contribution in [2.75, 3.05) is 5.43 Å². The van der Waals surface area contributed by atoms with Gasteiger partial charge >= 0.3 is 6.61 Å². The van der Waals surface area contributed by atoms with E-state index >= 15 is 0 Å². The van der Waals surface area contributed by atoms with Crippen molar-refractivity contribution in [2.24, 2.45) is 5.10 Å². The number of nitrogens with one attached hydrogen (secondary N) is 1. The molecule has 1 aromatic carbocycles. The average Bonchev–Trinajstić information content (AvgIpc) is 2.49. The Labute approximate surface area is 146 Å². The number of nitrogens with zero attached hydrogens (tertiary/aromatic N) is 2. The van der Waals surface area contributed by atoms with E-state index < -0.39 is 6.61 Å². The first-order valence-electron chi connectivity index (χ1n) is 6.24. The minimum Gasteiger partial charge on any atom is -0.435 e. The molecule has 0 fully saturated rings. The number of ether oxygens (including phenoxy) is 1. The predicted molar refractivity (Wildman–Crippen MR) is 88.2 cm³/mol. The van der Waals surface area contributed by atoms with Gasteiger partial charge in [0.2, 0.25) is 0 Å². The van der Waals surface area contributed by atoms with Gasteiger partial charge in [-0.25, -0.2) is 4.98 Å². The molecule has 0 unspecified atom stereocenters. The summed E-state index contributed by atoms with van der Waals surface area (Å²) < 4.78 is 28.5. The lowest BCUT2D eigenvalue weighted by Gasteiger charge is -2.07. The highest BCUT2D eigenvalue weighted by atomic mass is 35.5. The minimum atomic E-state index is -2.86. The van der Waals surface area contributed by atoms with E-state index in [4.69, 9.17) is 34.8 Å². The second-order valence-electron chi connectivity index (χ2n) is 4.30. The molecule has 0 saturated carbocycles. The number of aromatic nitrogens is 1. The maximum Gasteiger partial charge on any atom is 0.387 e. The van der Waals surface area contributed by atoms with Crippen molar-refractivity contribution in [3.05, 3.63) is 51.1 Å². The first kappa shape index (κ1) is 17.7. The number of halogens is 5. The van der Waals surface area contributed by atoms with Gasteiger partial charge in [-0.2, -0.15) is 13.9 Å². The van der Waals surface area contributed by atoms with Gasteiger partial charge < -0.3 is 4.74 Å². The highest BCUT2D eigenvalue weighted by Gasteiger charge is 2.08. The quantitative estimate of drug-likeness (QED) is 0.424. The number of hydrogen-bond donors (Lipinski definition) is 1. The van der Waals surface area contributed by atoms with E-state index in [-0.39, 0.29) is 26.8 Å². The van der Waals surface area contributed by atoms with Crippen LogP contribution in [0.3, 0.4) is 0 Å². The molecule has 0 radical (unpaired) electrons. The fourth-order valence-electron chi connectivity index (χ4n) is 1.60. The van der Waals surface area contributed by atoms with E-state index in [9.17, 15) is 8.78 Å². The van der Waals surface area contributed by atoms with E-state index in [1.165, 1.54) is 18.2 Å². The molecule has 4 nitrogen and oxygen atoms in total. The second-order valence-corrected chi connectivity index (χ2v) is 5.48. The van der Waals surface area contributed by atoms with Crippen LogP contribution in [0.15, 0.2) is 35.4 Å². The highest BCUT2D eigenvalue weighted by molar-refractivity contribution is 6.42. The molecule has 0 aliphatic heterocycles. The lowest BCUT2D eigenvalue weighted by atomic mass is 10.1. The number of hydrazone groups is 1. The first-order valence-corrected chi connectivity index (χ1v) is 7.37. The normalized spacial score (nSPS) is 11.7. The van der Waals surface area contributed by atoms with Crippen LogP contribution in [0.5, 0.6) is 5.75 Å². The van der Waals surface area contributed by atoms with Crippen molar-refractivity contribution in [1.82, 2.24) is 4.98 Å². The van der Waals surface area contributed by atoms with Gasteiger partial charge in [0.15, 0.2) is 5.82 Å². The third-order valence-corrected chi connectivity index (χ3v) is 3.67. The number of anilines is 1. The Bertz CT molecular complexity index is 724. The van der Waals surface area contributed by atoms with Crippen LogP contribution >= 0.6 is 34.8 Å². The van der Waals surface area contributed by atoms with Crippen LogP contribution in [-0.4, -0.2) is 17.3 Å². The van der Waals surface area contributed by atoms with Crippen LogP contribution in [0, 0.1) is 0 Å². The summed E-state index contributed by atoms with van der Waals surface area (Å²) in [7, 11) is 0. The van der Waals surface area contributed by atoms with E-state index in [0.717, 1.165) is 0 Å². The van der Waals surface area contributed by atoms with E-state index in [0.29, 0.717) is 11.3 Å². The lowest BCUT2D eigenvalue weighted by Crippen LogP contribution is -2.03. The van der Waals surface area contributed by atoms with Crippen molar-refractivity contribution in [3.8, 4) is 5.75 Å². The minimum absolute atomic E-state index is 0.0682. The van der Waals surface area contributed by atoms with Crippen molar-refractivity contribution in [3.63, 3.8) is 0 Å². The fourth-order valence-corrected chi connectivity index (χ4v) is 2.14. The zero-order valence-corrected chi connectivity index (χ0v) is 13.9. The fraction of sp³-hybridized carbons (Fsp3) is 0.143. The summed E-state index contributed by atoms with van der Waals surface area (Å²) >= 11 is 17.6. The summed E-state index contributed by atoms with van der Waals surface area (Å²) in [5.41, 5.74) is 3.96. The molecule has 0 saturated heterocycles. The van der Waals surface area contributed by atoms with Gasteiger partial charge in [0.25, 0.3) is 0 Å². The maximum absolute atomic E-state index is 12.1. The van der Waals surface area contributed by atoms with Crippen LogP contribution in [0.25, 0.3) is 0 Å². The largest absolute Gasteiger partial charge is 0.435 e. The second kappa shape index (κ2) is 7.77. The number of rotatable bonds is 5. The van der Waals surface area contributed by atoms with Crippen LogP contribution in [0.4, 0.5) is 14.6 Å². The molecule has 1 N–H and O–H groups in total. The van der Waals surface area contributed by atoms with Gasteiger partial charge in [-0.3, -0.25) is 5.43 Å². The van der Waals surface area contributed by atoms with Gasteiger partial charge in [0, 0.05) is 0 Å². The van der Waals surface area contributed by atoms with Crippen molar-refractivity contribution >= 4 is 46.3 Å². The standard InChI is InChI=1S/C14H10Cl3F2N3O/c1-7(8-2-4-9(5-3-8)23-14(18)19)21-22-13-11(16)6-10(15)12(17)20-13/h2-6,14H,1H3,(H,20,22)/b21-7-. The molecule has 0 bridgehead atoms. The Morgan fingerprint density at radius 3 is 2.43 bits per heavy atom. The zero-order chi connectivity index (χ0) is 17.0. The van der Waals surface area contributed by atoms with E-state index in [1.54, 1.807) is 19.1 Å². The maximum atomic E-state index is 12.1. The molecule has 0 spiro atoms. The number of alkyl halides is 2. The van der Waals surface area contributed by atoms with Crippen LogP contribution in [0.1, 0.15) is 12.5 Å². The highest BCUT2D eigenvalue weighted by Crippen LogP contribution is 2.28. The topological polar surface area (TPSA) is 46.5 Å². The van der Waals surface area contributed by atoms with Crippen molar-refractivity contribution < 1.29 is 13.5 Å². The molecule has 2 rings (SSSR count). The molecule has 0 aliphatic rings. The monoisotopic (exact) mass is 379 g/mol. The summed E-state index contributed by atoms with van der Waals surface area (Å²) in [5, 5.41) is 4.71. The number of hydrogen-bond acceptors (Lipinski definition) is 4. The summed E-state index contributed by atoms with van der Waals surface area (Å²) in [5.74, 6) is 0.316. The number of pyridine rings is 1. The van der Waals surface area contributed by atoms with Crippen LogP contribution in [0.2, 0.25) is 15.2 Å². The van der Waals surface area contributed by atoms with Gasteiger partial charge in [-0.05, 0) is 42.8 Å². The Kier molecular flexibility index (Phi) is 5.98. The molecular formula is C14H10Cl3F2N3O. The van der Waals surface area contributed by atoms with E-state index in [1.807, 2.05) is 0 Å². The molecule has 1 aromatic heterocycles. The Hall–Kier alpha value is -1.63. The molecule has 1 heterocycles. The lowest BCUT2D eigenvalue weighted by molar-refractivity contribution is -0.0498. The molecule has 23 heavy (non-hydrogen) atoms. The van der Waals surface area contributed by atoms with Gasteiger partial charge in [-0.15, -0.1) is 0 Å².